The van der Waals surface area contributed by atoms with E-state index in [4.69, 9.17) is 16.3 Å². The van der Waals surface area contributed by atoms with Gasteiger partial charge in [-0.2, -0.15) is 0 Å². The zero-order chi connectivity index (χ0) is 18.4. The summed E-state index contributed by atoms with van der Waals surface area (Å²) in [6.07, 6.45) is 3.50. The summed E-state index contributed by atoms with van der Waals surface area (Å²) in [7, 11) is 0. The monoisotopic (exact) mass is 375 g/mol. The lowest BCUT2D eigenvalue weighted by atomic mass is 9.91. The number of phenols is 1. The Hall–Kier alpha value is -1.75. The van der Waals surface area contributed by atoms with Gasteiger partial charge >= 0.3 is 0 Å². The van der Waals surface area contributed by atoms with E-state index in [-0.39, 0.29) is 6.10 Å². The van der Waals surface area contributed by atoms with Crippen molar-refractivity contribution in [3.05, 3.63) is 59.1 Å². The van der Waals surface area contributed by atoms with Crippen LogP contribution < -0.4 is 4.74 Å². The van der Waals surface area contributed by atoms with Gasteiger partial charge in [-0.1, -0.05) is 23.7 Å². The molecule has 4 nitrogen and oxygen atoms in total. The fourth-order valence-corrected chi connectivity index (χ4v) is 3.64. The summed E-state index contributed by atoms with van der Waals surface area (Å²) in [4.78, 5) is 2.40. The lowest BCUT2D eigenvalue weighted by molar-refractivity contribution is 0.0632. The van der Waals surface area contributed by atoms with Gasteiger partial charge in [-0.3, -0.25) is 4.90 Å². The van der Waals surface area contributed by atoms with Crippen LogP contribution in [0.15, 0.2) is 48.5 Å². The van der Waals surface area contributed by atoms with Gasteiger partial charge < -0.3 is 14.9 Å². The molecule has 0 unspecified atom stereocenters. The molecule has 0 spiro atoms. The first-order chi connectivity index (χ1) is 12.6. The van der Waals surface area contributed by atoms with Gasteiger partial charge in [0, 0.05) is 24.2 Å². The van der Waals surface area contributed by atoms with Gasteiger partial charge in [-0.25, -0.2) is 0 Å². The molecule has 1 aliphatic rings. The molecular weight excluding hydrogens is 350 g/mol. The van der Waals surface area contributed by atoms with Crippen LogP contribution in [-0.4, -0.2) is 40.4 Å². The van der Waals surface area contributed by atoms with Crippen molar-refractivity contribution >= 4 is 11.6 Å². The number of phenolic OH excluding ortho intramolecular Hbond substituents is 1. The maximum atomic E-state index is 9.79. The number of benzene rings is 2. The highest BCUT2D eigenvalue weighted by Gasteiger charge is 2.25. The van der Waals surface area contributed by atoms with Crippen molar-refractivity contribution in [1.29, 1.82) is 0 Å². The molecule has 2 N–H and O–H groups in total. The Balaban J connectivity index is 1.61. The number of rotatable bonds is 7. The lowest BCUT2D eigenvalue weighted by Gasteiger charge is -2.35. The summed E-state index contributed by atoms with van der Waals surface area (Å²) >= 11 is 5.91. The Morgan fingerprint density at radius 2 is 1.77 bits per heavy atom. The van der Waals surface area contributed by atoms with E-state index >= 15 is 0 Å². The van der Waals surface area contributed by atoms with E-state index in [0.717, 1.165) is 50.1 Å². The Labute approximate surface area is 160 Å². The largest absolute Gasteiger partial charge is 0.508 e. The minimum Gasteiger partial charge on any atom is -0.508 e. The van der Waals surface area contributed by atoms with Gasteiger partial charge in [0.15, 0.2) is 0 Å². The quantitative estimate of drug-likeness (QED) is 0.760. The highest BCUT2D eigenvalue weighted by atomic mass is 35.5. The predicted octanol–water partition coefficient (Wildman–Crippen LogP) is 4.23. The number of aromatic hydroxyl groups is 1. The van der Waals surface area contributed by atoms with Crippen LogP contribution in [-0.2, 0) is 6.54 Å². The molecule has 140 valence electrons. The minimum absolute atomic E-state index is 0.167. The second-order valence-electron chi connectivity index (χ2n) is 6.91. The average molecular weight is 376 g/mol. The van der Waals surface area contributed by atoms with E-state index in [9.17, 15) is 10.2 Å². The van der Waals surface area contributed by atoms with E-state index in [0.29, 0.717) is 23.4 Å². The fraction of sp³-hybridized carbons (Fsp3) is 0.429. The summed E-state index contributed by atoms with van der Waals surface area (Å²) in [5.41, 5.74) is 1.09. The highest BCUT2D eigenvalue weighted by Crippen LogP contribution is 2.25. The van der Waals surface area contributed by atoms with Crippen molar-refractivity contribution in [2.75, 3.05) is 13.2 Å². The summed E-state index contributed by atoms with van der Waals surface area (Å²) in [6.45, 7) is 2.14. The van der Waals surface area contributed by atoms with Crippen LogP contribution in [0, 0.1) is 0 Å². The standard InChI is InChI=1S/C21H26ClNO3/c22-17-4-10-21(11-5-17)26-13-12-23(18-6-8-19(24)9-7-18)15-16-2-1-3-20(25)14-16/h1-5,10-11,14,18-19,24-25H,6-9,12-13,15H2. The predicted molar refractivity (Wildman–Crippen MR) is 104 cm³/mol. The molecule has 1 saturated carbocycles. The van der Waals surface area contributed by atoms with Crippen molar-refractivity contribution in [2.45, 2.75) is 44.4 Å². The molecule has 0 aliphatic heterocycles. The van der Waals surface area contributed by atoms with Gasteiger partial charge in [-0.05, 0) is 67.6 Å². The fourth-order valence-electron chi connectivity index (χ4n) is 3.52. The Kier molecular flexibility index (Phi) is 6.78. The van der Waals surface area contributed by atoms with Crippen LogP contribution in [0.2, 0.25) is 5.02 Å². The SMILES string of the molecule is Oc1cccc(CN(CCOc2ccc(Cl)cc2)C2CCC(O)CC2)c1. The van der Waals surface area contributed by atoms with Crippen LogP contribution in [0.3, 0.4) is 0 Å². The molecule has 0 saturated heterocycles. The molecule has 0 heterocycles. The third-order valence-corrected chi connectivity index (χ3v) is 5.19. The zero-order valence-corrected chi connectivity index (χ0v) is 15.6. The van der Waals surface area contributed by atoms with Gasteiger partial charge in [0.1, 0.15) is 18.1 Å². The van der Waals surface area contributed by atoms with E-state index in [1.165, 1.54) is 0 Å². The minimum atomic E-state index is -0.167. The second-order valence-corrected chi connectivity index (χ2v) is 7.34. The first-order valence-corrected chi connectivity index (χ1v) is 9.56. The van der Waals surface area contributed by atoms with E-state index in [1.807, 2.05) is 42.5 Å². The van der Waals surface area contributed by atoms with Crippen molar-refractivity contribution in [3.63, 3.8) is 0 Å². The van der Waals surface area contributed by atoms with Crippen LogP contribution in [0.4, 0.5) is 0 Å². The average Bonchev–Trinajstić information content (AvgIpc) is 2.63. The molecule has 0 bridgehead atoms. The van der Waals surface area contributed by atoms with Crippen molar-refractivity contribution in [2.24, 2.45) is 0 Å². The number of halogens is 1. The molecule has 3 rings (SSSR count). The van der Waals surface area contributed by atoms with Crippen LogP contribution in [0.5, 0.6) is 11.5 Å². The molecule has 0 atom stereocenters. The van der Waals surface area contributed by atoms with Crippen LogP contribution in [0.1, 0.15) is 31.2 Å². The molecule has 2 aromatic rings. The number of aliphatic hydroxyl groups excluding tert-OH is 1. The maximum absolute atomic E-state index is 9.79. The molecule has 5 heteroatoms. The topological polar surface area (TPSA) is 52.9 Å². The van der Waals surface area contributed by atoms with Crippen molar-refractivity contribution in [1.82, 2.24) is 4.90 Å². The Morgan fingerprint density at radius 1 is 1.04 bits per heavy atom. The molecule has 2 aromatic carbocycles. The highest BCUT2D eigenvalue weighted by molar-refractivity contribution is 6.30. The van der Waals surface area contributed by atoms with E-state index < -0.39 is 0 Å². The molecule has 0 radical (unpaired) electrons. The van der Waals surface area contributed by atoms with E-state index in [2.05, 4.69) is 4.90 Å². The molecule has 1 aliphatic carbocycles. The van der Waals surface area contributed by atoms with Crippen molar-refractivity contribution in [3.8, 4) is 11.5 Å². The number of ether oxygens (including phenoxy) is 1. The van der Waals surface area contributed by atoms with Gasteiger partial charge in [0.25, 0.3) is 0 Å². The summed E-state index contributed by atoms with van der Waals surface area (Å²) < 4.78 is 5.87. The lowest BCUT2D eigenvalue weighted by Crippen LogP contribution is -2.40. The first-order valence-electron chi connectivity index (χ1n) is 9.18. The summed E-state index contributed by atoms with van der Waals surface area (Å²) in [6, 6.07) is 15.2. The normalized spacial score (nSPS) is 20.3. The number of hydrogen-bond acceptors (Lipinski definition) is 4. The molecule has 0 aromatic heterocycles. The molecule has 1 fully saturated rings. The van der Waals surface area contributed by atoms with Crippen molar-refractivity contribution < 1.29 is 14.9 Å². The maximum Gasteiger partial charge on any atom is 0.119 e. The number of hydrogen-bond donors (Lipinski definition) is 2. The smallest absolute Gasteiger partial charge is 0.119 e. The van der Waals surface area contributed by atoms with Crippen LogP contribution in [0.25, 0.3) is 0 Å². The molecule has 0 amide bonds. The Morgan fingerprint density at radius 3 is 2.46 bits per heavy atom. The summed E-state index contributed by atoms with van der Waals surface area (Å²) in [5.74, 6) is 1.10. The van der Waals surface area contributed by atoms with Gasteiger partial charge in [0.05, 0.1) is 6.10 Å². The van der Waals surface area contributed by atoms with Crippen LogP contribution >= 0.6 is 11.6 Å². The molecular formula is C21H26ClNO3. The van der Waals surface area contributed by atoms with Gasteiger partial charge in [-0.15, -0.1) is 0 Å². The molecule has 26 heavy (non-hydrogen) atoms. The second kappa shape index (κ2) is 9.26. The number of nitrogens with zero attached hydrogens (tertiary/aromatic N) is 1. The first kappa shape index (κ1) is 19.0. The Bertz CT molecular complexity index is 684. The summed E-state index contributed by atoms with van der Waals surface area (Å²) in [5, 5.41) is 20.2. The third-order valence-electron chi connectivity index (χ3n) is 4.94. The van der Waals surface area contributed by atoms with E-state index in [1.54, 1.807) is 6.07 Å². The third kappa shape index (κ3) is 5.63. The zero-order valence-electron chi connectivity index (χ0n) is 14.9. The number of aliphatic hydroxyl groups is 1. The van der Waals surface area contributed by atoms with Gasteiger partial charge in [0.2, 0.25) is 0 Å².